The summed E-state index contributed by atoms with van der Waals surface area (Å²) in [5.74, 6) is 0.459. The molecule has 3 heterocycles. The molecule has 0 spiro atoms. The summed E-state index contributed by atoms with van der Waals surface area (Å²) in [4.78, 5) is 11.0. The smallest absolute Gasteiger partial charge is 0.247 e. The van der Waals surface area contributed by atoms with Crippen LogP contribution in [-0.4, -0.2) is 30.4 Å². The molecule has 0 aliphatic carbocycles. The van der Waals surface area contributed by atoms with Gasteiger partial charge in [-0.25, -0.2) is 23.4 Å². The molecule has 1 aliphatic heterocycles. The molecular formula is C28H22ClN5O2S2. The van der Waals surface area contributed by atoms with Crippen LogP contribution in [0.3, 0.4) is 0 Å². The van der Waals surface area contributed by atoms with E-state index in [4.69, 9.17) is 26.7 Å². The molecule has 0 unspecified atom stereocenters. The van der Waals surface area contributed by atoms with Gasteiger partial charge in [0.1, 0.15) is 0 Å². The molecule has 38 heavy (non-hydrogen) atoms. The Morgan fingerprint density at radius 1 is 0.974 bits per heavy atom. The Kier molecular flexibility index (Phi) is 6.35. The van der Waals surface area contributed by atoms with Gasteiger partial charge in [-0.3, -0.25) is 4.72 Å². The number of hydrogen-bond donors (Lipinski definition) is 1. The Hall–Kier alpha value is -3.79. The summed E-state index contributed by atoms with van der Waals surface area (Å²) in [5, 5.41) is 10.3. The second kappa shape index (κ2) is 9.83. The summed E-state index contributed by atoms with van der Waals surface area (Å²) in [5.41, 5.74) is 4.42. The van der Waals surface area contributed by atoms with E-state index in [2.05, 4.69) is 10.8 Å². The number of sulfonamides is 1. The average Bonchev–Trinajstić information content (AvgIpc) is 3.58. The summed E-state index contributed by atoms with van der Waals surface area (Å²) in [6, 6.07) is 26.7. The number of thiophene rings is 1. The van der Waals surface area contributed by atoms with Gasteiger partial charge in [0.25, 0.3) is 0 Å². The quantitative estimate of drug-likeness (QED) is 0.249. The van der Waals surface area contributed by atoms with Crippen molar-refractivity contribution < 1.29 is 8.42 Å². The van der Waals surface area contributed by atoms with Gasteiger partial charge in [0.2, 0.25) is 16.0 Å². The topological polar surface area (TPSA) is 87.5 Å². The van der Waals surface area contributed by atoms with E-state index < -0.39 is 10.0 Å². The molecule has 5 aromatic rings. The fourth-order valence-corrected chi connectivity index (χ4v) is 6.15. The van der Waals surface area contributed by atoms with E-state index in [1.54, 1.807) is 23.5 Å². The summed E-state index contributed by atoms with van der Waals surface area (Å²) < 4.78 is 26.7. The molecule has 0 saturated heterocycles. The maximum Gasteiger partial charge on any atom is 0.247 e. The van der Waals surface area contributed by atoms with Crippen molar-refractivity contribution in [1.29, 1.82) is 0 Å². The molecule has 0 bridgehead atoms. The Morgan fingerprint density at radius 3 is 2.53 bits per heavy atom. The second-order valence-electron chi connectivity index (χ2n) is 8.95. The fraction of sp³-hybridized carbons (Fsp3) is 0.107. The lowest BCUT2D eigenvalue weighted by molar-refractivity contribution is 0.607. The number of hydrazone groups is 1. The Morgan fingerprint density at radius 2 is 1.76 bits per heavy atom. The standard InChI is InChI=1S/C28H22ClN5O2S2/c1-38(35,36)33-23-11-6-5-10-20(23)24-17-25(26-12-7-15-37-26)34(32-24)28-30-22-14-13-19(29)16-21(22)27(31-28)18-8-3-2-4-9-18/h2-16,25,33H,17H2,1H3/t25-/m1/s1. The molecule has 190 valence electrons. The van der Waals surface area contributed by atoms with Crippen LogP contribution in [0.5, 0.6) is 0 Å². The van der Waals surface area contributed by atoms with Crippen LogP contribution in [0.25, 0.3) is 22.2 Å². The zero-order valence-electron chi connectivity index (χ0n) is 20.2. The summed E-state index contributed by atoms with van der Waals surface area (Å²) in [7, 11) is -3.47. The highest BCUT2D eigenvalue weighted by atomic mass is 35.5. The number of hydrogen-bond acceptors (Lipinski definition) is 7. The highest BCUT2D eigenvalue weighted by Crippen LogP contribution is 2.40. The van der Waals surface area contributed by atoms with Crippen molar-refractivity contribution in [2.75, 3.05) is 16.0 Å². The summed E-state index contributed by atoms with van der Waals surface area (Å²) in [6.45, 7) is 0. The SMILES string of the molecule is CS(=O)(=O)Nc1ccccc1C1=NN(c2nc(-c3ccccc3)c3cc(Cl)ccc3n2)[C@@H](c2cccs2)C1. The Balaban J connectivity index is 1.53. The van der Waals surface area contributed by atoms with E-state index in [0.717, 1.165) is 44.6 Å². The minimum Gasteiger partial charge on any atom is -0.283 e. The maximum absolute atomic E-state index is 12.0. The second-order valence-corrected chi connectivity index (χ2v) is 12.1. The largest absolute Gasteiger partial charge is 0.283 e. The van der Waals surface area contributed by atoms with Crippen molar-refractivity contribution in [3.8, 4) is 11.3 Å². The lowest BCUT2D eigenvalue weighted by atomic mass is 10.0. The van der Waals surface area contributed by atoms with Gasteiger partial charge in [-0.2, -0.15) is 5.10 Å². The molecule has 1 atom stereocenters. The number of para-hydroxylation sites is 1. The van der Waals surface area contributed by atoms with Gasteiger partial charge >= 0.3 is 0 Å². The molecule has 3 aromatic carbocycles. The van der Waals surface area contributed by atoms with E-state index in [0.29, 0.717) is 23.1 Å². The maximum atomic E-state index is 12.0. The fourth-order valence-electron chi connectivity index (χ4n) is 4.59. The van der Waals surface area contributed by atoms with Gasteiger partial charge in [-0.05, 0) is 35.7 Å². The lowest BCUT2D eigenvalue weighted by Crippen LogP contribution is -2.20. The molecule has 0 radical (unpaired) electrons. The van der Waals surface area contributed by atoms with Gasteiger partial charge in [0.05, 0.1) is 34.9 Å². The number of anilines is 2. The molecule has 1 N–H and O–H groups in total. The number of rotatable bonds is 6. The van der Waals surface area contributed by atoms with Crippen molar-refractivity contribution in [1.82, 2.24) is 9.97 Å². The Labute approximate surface area is 229 Å². The average molecular weight is 560 g/mol. The number of fused-ring (bicyclic) bond motifs is 1. The molecule has 6 rings (SSSR count). The van der Waals surface area contributed by atoms with Gasteiger partial charge in [-0.1, -0.05) is 66.2 Å². The van der Waals surface area contributed by atoms with Crippen LogP contribution in [0.2, 0.25) is 5.02 Å². The van der Waals surface area contributed by atoms with Crippen LogP contribution in [0.1, 0.15) is 22.9 Å². The highest BCUT2D eigenvalue weighted by molar-refractivity contribution is 7.92. The third-order valence-corrected chi connectivity index (χ3v) is 8.01. The van der Waals surface area contributed by atoms with Gasteiger partial charge in [-0.15, -0.1) is 11.3 Å². The lowest BCUT2D eigenvalue weighted by Gasteiger charge is -2.21. The minimum atomic E-state index is -3.47. The van der Waals surface area contributed by atoms with Crippen LogP contribution in [0, 0.1) is 0 Å². The van der Waals surface area contributed by atoms with Crippen LogP contribution in [0.15, 0.2) is 95.4 Å². The zero-order chi connectivity index (χ0) is 26.3. The predicted octanol–water partition coefficient (Wildman–Crippen LogP) is 6.74. The van der Waals surface area contributed by atoms with E-state index in [9.17, 15) is 8.42 Å². The minimum absolute atomic E-state index is 0.148. The van der Waals surface area contributed by atoms with E-state index >= 15 is 0 Å². The van der Waals surface area contributed by atoms with Crippen molar-refractivity contribution >= 4 is 61.2 Å². The third-order valence-electron chi connectivity index (χ3n) is 6.21. The zero-order valence-corrected chi connectivity index (χ0v) is 22.6. The van der Waals surface area contributed by atoms with E-state index in [1.807, 2.05) is 77.1 Å². The van der Waals surface area contributed by atoms with Crippen LogP contribution >= 0.6 is 22.9 Å². The number of nitrogens with one attached hydrogen (secondary N) is 1. The number of nitrogens with zero attached hydrogens (tertiary/aromatic N) is 4. The highest BCUT2D eigenvalue weighted by Gasteiger charge is 2.34. The summed E-state index contributed by atoms with van der Waals surface area (Å²) in [6.07, 6.45) is 1.70. The molecule has 10 heteroatoms. The van der Waals surface area contributed by atoms with E-state index in [-0.39, 0.29) is 6.04 Å². The first-order valence-corrected chi connectivity index (χ1v) is 15.0. The summed E-state index contributed by atoms with van der Waals surface area (Å²) >= 11 is 7.98. The van der Waals surface area contributed by atoms with Crippen molar-refractivity contribution in [3.05, 3.63) is 106 Å². The van der Waals surface area contributed by atoms with Gasteiger partial charge < -0.3 is 0 Å². The van der Waals surface area contributed by atoms with Crippen molar-refractivity contribution in [2.45, 2.75) is 12.5 Å². The number of aromatic nitrogens is 2. The first-order valence-electron chi connectivity index (χ1n) is 11.9. The molecule has 2 aromatic heterocycles. The molecule has 0 saturated carbocycles. The van der Waals surface area contributed by atoms with E-state index in [1.165, 1.54) is 0 Å². The third kappa shape index (κ3) is 4.88. The van der Waals surface area contributed by atoms with Crippen molar-refractivity contribution in [3.63, 3.8) is 0 Å². The number of benzene rings is 3. The normalized spacial score (nSPS) is 15.6. The first kappa shape index (κ1) is 24.5. The molecule has 0 amide bonds. The molecule has 0 fully saturated rings. The van der Waals surface area contributed by atoms with Crippen LogP contribution < -0.4 is 9.73 Å². The molecule has 1 aliphatic rings. The predicted molar refractivity (Wildman–Crippen MR) is 156 cm³/mol. The van der Waals surface area contributed by atoms with Gasteiger partial charge in [0.15, 0.2) is 0 Å². The van der Waals surface area contributed by atoms with Crippen molar-refractivity contribution in [2.24, 2.45) is 5.10 Å². The first-order chi connectivity index (χ1) is 18.4. The number of halogens is 1. The Bertz CT molecular complexity index is 1770. The van der Waals surface area contributed by atoms with Crippen LogP contribution in [0.4, 0.5) is 11.6 Å². The van der Waals surface area contributed by atoms with Crippen LogP contribution in [-0.2, 0) is 10.0 Å². The molecule has 7 nitrogen and oxygen atoms in total. The molecular weight excluding hydrogens is 538 g/mol. The van der Waals surface area contributed by atoms with Gasteiger partial charge in [0, 0.05) is 32.8 Å². The monoisotopic (exact) mass is 559 g/mol.